The van der Waals surface area contributed by atoms with Gasteiger partial charge in [-0.15, -0.1) is 24.8 Å². The van der Waals surface area contributed by atoms with Crippen molar-refractivity contribution in [1.29, 1.82) is 0 Å². The fourth-order valence-corrected chi connectivity index (χ4v) is 2.64. The zero-order chi connectivity index (χ0) is 15.1. The fourth-order valence-electron chi connectivity index (χ4n) is 2.64. The van der Waals surface area contributed by atoms with Gasteiger partial charge in [0.2, 0.25) is 5.91 Å². The Morgan fingerprint density at radius 2 is 2.04 bits per heavy atom. The van der Waals surface area contributed by atoms with Crippen molar-refractivity contribution in [3.63, 3.8) is 0 Å². The predicted octanol–water partition coefficient (Wildman–Crippen LogP) is 1.37. The second-order valence-electron chi connectivity index (χ2n) is 5.44. The molecule has 1 amide bonds. The van der Waals surface area contributed by atoms with Crippen LogP contribution in [0, 0.1) is 0 Å². The lowest BCUT2D eigenvalue weighted by molar-refractivity contribution is -0.123. The smallest absolute Gasteiger partial charge is 0.222 e. The van der Waals surface area contributed by atoms with Crippen molar-refractivity contribution in [1.82, 2.24) is 10.2 Å². The highest BCUT2D eigenvalue weighted by Crippen LogP contribution is 2.17. The van der Waals surface area contributed by atoms with Crippen LogP contribution in [0.3, 0.4) is 0 Å². The number of fused-ring (bicyclic) bond motifs is 1. The summed E-state index contributed by atoms with van der Waals surface area (Å²) in [4.78, 5) is 14.1. The molecule has 0 aliphatic carbocycles. The van der Waals surface area contributed by atoms with Gasteiger partial charge in [-0.05, 0) is 17.5 Å². The maximum absolute atomic E-state index is 11.7. The third-order valence-corrected chi connectivity index (χ3v) is 3.97. The van der Waals surface area contributed by atoms with Crippen LogP contribution >= 0.6 is 24.8 Å². The Hall–Kier alpha value is -0.850. The number of hydrogen-bond donors (Lipinski definition) is 2. The van der Waals surface area contributed by atoms with Gasteiger partial charge in [-0.3, -0.25) is 9.69 Å². The van der Waals surface area contributed by atoms with Crippen molar-refractivity contribution in [2.24, 2.45) is 5.73 Å². The van der Waals surface area contributed by atoms with Crippen LogP contribution in [0.15, 0.2) is 24.3 Å². The summed E-state index contributed by atoms with van der Waals surface area (Å²) in [6.07, 6.45) is 1.23. The zero-order valence-corrected chi connectivity index (χ0v) is 15.1. The molecule has 2 rings (SSSR count). The first kappa shape index (κ1) is 22.1. The number of hydrogen-bond acceptors (Lipinski definition) is 4. The molecule has 1 aliphatic rings. The molecule has 0 aromatic heterocycles. The average Bonchev–Trinajstić information content (AvgIpc) is 2.52. The minimum absolute atomic E-state index is 0. The SMILES string of the molecule is COC(CN)CC(=O)NCCN1CCc2ccccc2C1.Cl.Cl. The number of rotatable bonds is 7. The minimum Gasteiger partial charge on any atom is -0.380 e. The quantitative estimate of drug-likeness (QED) is 0.767. The van der Waals surface area contributed by atoms with E-state index in [2.05, 4.69) is 34.5 Å². The van der Waals surface area contributed by atoms with Gasteiger partial charge in [0.05, 0.1) is 12.5 Å². The summed E-state index contributed by atoms with van der Waals surface area (Å²) in [6, 6.07) is 8.57. The first-order valence-corrected chi connectivity index (χ1v) is 7.51. The Bertz CT molecular complexity index is 470. The van der Waals surface area contributed by atoms with Gasteiger partial charge in [0, 0.05) is 39.8 Å². The van der Waals surface area contributed by atoms with E-state index >= 15 is 0 Å². The topological polar surface area (TPSA) is 67.6 Å². The third kappa shape index (κ3) is 7.06. The van der Waals surface area contributed by atoms with Crippen molar-refractivity contribution in [2.45, 2.75) is 25.5 Å². The largest absolute Gasteiger partial charge is 0.380 e. The molecule has 23 heavy (non-hydrogen) atoms. The van der Waals surface area contributed by atoms with Crippen molar-refractivity contribution >= 4 is 30.7 Å². The van der Waals surface area contributed by atoms with Gasteiger partial charge >= 0.3 is 0 Å². The molecular formula is C16H27Cl2N3O2. The summed E-state index contributed by atoms with van der Waals surface area (Å²) in [5.74, 6) is 0.00436. The normalized spacial score (nSPS) is 14.9. The molecule has 5 nitrogen and oxygen atoms in total. The summed E-state index contributed by atoms with van der Waals surface area (Å²) >= 11 is 0. The van der Waals surface area contributed by atoms with Gasteiger partial charge in [0.1, 0.15) is 0 Å². The number of nitrogens with two attached hydrogens (primary N) is 1. The lowest BCUT2D eigenvalue weighted by Gasteiger charge is -2.28. The summed E-state index contributed by atoms with van der Waals surface area (Å²) in [6.45, 7) is 3.93. The van der Waals surface area contributed by atoms with Gasteiger partial charge in [-0.25, -0.2) is 0 Å². The van der Waals surface area contributed by atoms with E-state index in [4.69, 9.17) is 10.5 Å². The van der Waals surface area contributed by atoms with Gasteiger partial charge in [0.15, 0.2) is 0 Å². The Kier molecular flexibility index (Phi) is 11.2. The first-order chi connectivity index (χ1) is 10.2. The van der Waals surface area contributed by atoms with Crippen LogP contribution in [0.5, 0.6) is 0 Å². The van der Waals surface area contributed by atoms with Crippen LogP contribution in [-0.4, -0.2) is 50.2 Å². The number of benzene rings is 1. The molecule has 0 fully saturated rings. The monoisotopic (exact) mass is 363 g/mol. The molecule has 1 atom stereocenters. The Labute approximate surface area is 150 Å². The molecule has 1 heterocycles. The molecule has 3 N–H and O–H groups in total. The van der Waals surface area contributed by atoms with E-state index in [1.807, 2.05) is 0 Å². The predicted molar refractivity (Wildman–Crippen MR) is 97.4 cm³/mol. The second-order valence-corrected chi connectivity index (χ2v) is 5.44. The van der Waals surface area contributed by atoms with Crippen LogP contribution in [0.2, 0.25) is 0 Å². The molecule has 1 unspecified atom stereocenters. The minimum atomic E-state index is -0.188. The number of nitrogens with zero attached hydrogens (tertiary/aromatic N) is 1. The van der Waals surface area contributed by atoms with Gasteiger partial charge < -0.3 is 15.8 Å². The fraction of sp³-hybridized carbons (Fsp3) is 0.562. The van der Waals surface area contributed by atoms with Crippen molar-refractivity contribution < 1.29 is 9.53 Å². The van der Waals surface area contributed by atoms with Crippen LogP contribution in [-0.2, 0) is 22.5 Å². The van der Waals surface area contributed by atoms with Crippen LogP contribution < -0.4 is 11.1 Å². The summed E-state index contributed by atoms with van der Waals surface area (Å²) in [5.41, 5.74) is 8.36. The van der Waals surface area contributed by atoms with Crippen molar-refractivity contribution in [2.75, 3.05) is 33.3 Å². The molecular weight excluding hydrogens is 337 g/mol. The van der Waals surface area contributed by atoms with Crippen LogP contribution in [0.25, 0.3) is 0 Å². The lowest BCUT2D eigenvalue weighted by atomic mass is 10.00. The molecule has 1 aromatic carbocycles. The number of methoxy groups -OCH3 is 1. The number of halogens is 2. The van der Waals surface area contributed by atoms with Gasteiger partial charge in [-0.2, -0.15) is 0 Å². The molecule has 0 radical (unpaired) electrons. The third-order valence-electron chi connectivity index (χ3n) is 3.97. The molecule has 0 saturated heterocycles. The average molecular weight is 364 g/mol. The maximum Gasteiger partial charge on any atom is 0.222 e. The number of carbonyl (C=O) groups is 1. The highest BCUT2D eigenvalue weighted by Gasteiger charge is 2.16. The molecule has 0 bridgehead atoms. The Morgan fingerprint density at radius 3 is 2.70 bits per heavy atom. The number of nitrogens with one attached hydrogen (secondary N) is 1. The number of carbonyl (C=O) groups excluding carboxylic acids is 1. The van der Waals surface area contributed by atoms with E-state index in [1.165, 1.54) is 11.1 Å². The second kappa shape index (κ2) is 11.6. The van der Waals surface area contributed by atoms with E-state index < -0.39 is 0 Å². The molecule has 0 spiro atoms. The summed E-state index contributed by atoms with van der Waals surface area (Å²) in [5, 5.41) is 2.94. The number of amides is 1. The summed E-state index contributed by atoms with van der Waals surface area (Å²) in [7, 11) is 1.58. The lowest BCUT2D eigenvalue weighted by Crippen LogP contribution is -2.39. The molecule has 0 saturated carbocycles. The molecule has 7 heteroatoms. The van der Waals surface area contributed by atoms with E-state index in [0.717, 1.165) is 26.1 Å². The zero-order valence-electron chi connectivity index (χ0n) is 13.5. The van der Waals surface area contributed by atoms with Crippen molar-refractivity contribution in [3.05, 3.63) is 35.4 Å². The van der Waals surface area contributed by atoms with E-state index in [0.29, 0.717) is 19.5 Å². The standard InChI is InChI=1S/C16H25N3O2.2ClH/c1-21-15(11-17)10-16(20)18-7-9-19-8-6-13-4-2-3-5-14(13)12-19;;/h2-5,15H,6-12,17H2,1H3,(H,18,20);2*1H. The number of ether oxygens (including phenoxy) is 1. The van der Waals surface area contributed by atoms with E-state index in [1.54, 1.807) is 7.11 Å². The van der Waals surface area contributed by atoms with Gasteiger partial charge in [-0.1, -0.05) is 24.3 Å². The van der Waals surface area contributed by atoms with Gasteiger partial charge in [0.25, 0.3) is 0 Å². The highest BCUT2D eigenvalue weighted by atomic mass is 35.5. The van der Waals surface area contributed by atoms with E-state index in [9.17, 15) is 4.79 Å². The summed E-state index contributed by atoms with van der Waals surface area (Å²) < 4.78 is 5.11. The first-order valence-electron chi connectivity index (χ1n) is 7.51. The van der Waals surface area contributed by atoms with Crippen LogP contribution in [0.4, 0.5) is 0 Å². The van der Waals surface area contributed by atoms with E-state index in [-0.39, 0.29) is 36.8 Å². The maximum atomic E-state index is 11.7. The Balaban J connectivity index is 0.00000242. The Morgan fingerprint density at radius 1 is 1.35 bits per heavy atom. The molecule has 1 aromatic rings. The molecule has 1 aliphatic heterocycles. The highest BCUT2D eigenvalue weighted by molar-refractivity contribution is 5.85. The van der Waals surface area contributed by atoms with Crippen molar-refractivity contribution in [3.8, 4) is 0 Å². The van der Waals surface area contributed by atoms with Crippen LogP contribution in [0.1, 0.15) is 17.5 Å². The molecule has 132 valence electrons.